The van der Waals surface area contributed by atoms with Crippen LogP contribution in [0.2, 0.25) is 0 Å². The molecule has 2 amide bonds. The van der Waals surface area contributed by atoms with Crippen LogP contribution in [0.15, 0.2) is 0 Å². The van der Waals surface area contributed by atoms with Crippen molar-refractivity contribution < 1.29 is 9.59 Å². The van der Waals surface area contributed by atoms with Crippen LogP contribution in [0.4, 0.5) is 0 Å². The van der Waals surface area contributed by atoms with Gasteiger partial charge in [0.25, 0.3) is 0 Å². The number of carbonyl (C=O) groups is 2. The van der Waals surface area contributed by atoms with E-state index in [2.05, 4.69) is 5.32 Å². The van der Waals surface area contributed by atoms with Gasteiger partial charge in [-0.05, 0) is 31.2 Å². The summed E-state index contributed by atoms with van der Waals surface area (Å²) in [5.41, 5.74) is 5.81. The summed E-state index contributed by atoms with van der Waals surface area (Å²) in [6.07, 6.45) is 4.45. The number of nitrogens with one attached hydrogen (secondary N) is 1. The van der Waals surface area contributed by atoms with Crippen molar-refractivity contribution in [2.45, 2.75) is 45.1 Å². The molecule has 1 aliphatic carbocycles. The van der Waals surface area contributed by atoms with Gasteiger partial charge in [0, 0.05) is 19.5 Å². The minimum absolute atomic E-state index is 0.0172. The summed E-state index contributed by atoms with van der Waals surface area (Å²) < 4.78 is 0. The van der Waals surface area contributed by atoms with E-state index in [0.717, 1.165) is 12.8 Å². The van der Waals surface area contributed by atoms with E-state index in [1.807, 2.05) is 6.92 Å². The molecule has 2 aliphatic rings. The number of amides is 2. The summed E-state index contributed by atoms with van der Waals surface area (Å²) in [5.74, 6) is 0.0781. The van der Waals surface area contributed by atoms with Crippen molar-refractivity contribution in [3.05, 3.63) is 0 Å². The lowest BCUT2D eigenvalue weighted by Crippen LogP contribution is -2.58. The molecule has 3 N–H and O–H groups in total. The Kier molecular flexibility index (Phi) is 3.90. The normalized spacial score (nSPS) is 26.4. The van der Waals surface area contributed by atoms with Gasteiger partial charge in [-0.15, -0.1) is 0 Å². The maximum Gasteiger partial charge on any atom is 0.242 e. The third-order valence-electron chi connectivity index (χ3n) is 4.41. The number of rotatable bonds is 4. The van der Waals surface area contributed by atoms with Gasteiger partial charge in [-0.3, -0.25) is 9.59 Å². The number of nitrogens with zero attached hydrogens (tertiary/aromatic N) is 1. The van der Waals surface area contributed by atoms with E-state index in [0.29, 0.717) is 32.5 Å². The van der Waals surface area contributed by atoms with Crippen LogP contribution in [0.25, 0.3) is 0 Å². The first-order valence-corrected chi connectivity index (χ1v) is 6.89. The molecule has 1 heterocycles. The van der Waals surface area contributed by atoms with Crippen LogP contribution in [0.5, 0.6) is 0 Å². The second kappa shape index (κ2) is 5.26. The molecule has 2 rings (SSSR count). The molecule has 1 saturated heterocycles. The zero-order chi connectivity index (χ0) is 13.2. The summed E-state index contributed by atoms with van der Waals surface area (Å²) >= 11 is 0. The molecule has 1 unspecified atom stereocenters. The molecule has 102 valence electrons. The van der Waals surface area contributed by atoms with Gasteiger partial charge in [-0.25, -0.2) is 0 Å². The van der Waals surface area contributed by atoms with E-state index in [4.69, 9.17) is 5.73 Å². The van der Waals surface area contributed by atoms with Crippen molar-refractivity contribution in [1.29, 1.82) is 0 Å². The minimum Gasteiger partial charge on any atom is -0.353 e. The smallest absolute Gasteiger partial charge is 0.242 e. The molecule has 1 aliphatic heterocycles. The first-order chi connectivity index (χ1) is 8.62. The Hall–Kier alpha value is -1.10. The summed E-state index contributed by atoms with van der Waals surface area (Å²) in [7, 11) is 0. The van der Waals surface area contributed by atoms with Gasteiger partial charge in [-0.1, -0.05) is 13.3 Å². The van der Waals surface area contributed by atoms with Crippen LogP contribution in [0.1, 0.15) is 39.0 Å². The average molecular weight is 253 g/mol. The maximum atomic E-state index is 12.4. The van der Waals surface area contributed by atoms with E-state index in [1.54, 1.807) is 4.90 Å². The molecular formula is C13H23N3O2. The molecule has 0 aromatic carbocycles. The Labute approximate surface area is 108 Å². The fourth-order valence-electron chi connectivity index (χ4n) is 2.97. The number of piperazine rings is 1. The second-order valence-corrected chi connectivity index (χ2v) is 5.54. The van der Waals surface area contributed by atoms with Crippen molar-refractivity contribution in [1.82, 2.24) is 10.2 Å². The van der Waals surface area contributed by atoms with Gasteiger partial charge in [-0.2, -0.15) is 0 Å². The number of hydrogen-bond acceptors (Lipinski definition) is 3. The predicted molar refractivity (Wildman–Crippen MR) is 68.8 cm³/mol. The Bertz CT molecular complexity index is 334. The van der Waals surface area contributed by atoms with E-state index in [-0.39, 0.29) is 23.3 Å². The molecule has 0 bridgehead atoms. The maximum absolute atomic E-state index is 12.4. The van der Waals surface area contributed by atoms with E-state index in [1.165, 1.54) is 6.42 Å². The van der Waals surface area contributed by atoms with E-state index < -0.39 is 0 Å². The first-order valence-electron chi connectivity index (χ1n) is 6.89. The van der Waals surface area contributed by atoms with Crippen LogP contribution >= 0.6 is 0 Å². The summed E-state index contributed by atoms with van der Waals surface area (Å²) in [6.45, 7) is 3.72. The zero-order valence-corrected chi connectivity index (χ0v) is 11.1. The minimum atomic E-state index is -0.291. The fraction of sp³-hybridized carbons (Fsp3) is 0.846. The molecule has 5 nitrogen and oxygen atoms in total. The van der Waals surface area contributed by atoms with Gasteiger partial charge in [0.1, 0.15) is 6.04 Å². The van der Waals surface area contributed by atoms with E-state index >= 15 is 0 Å². The Morgan fingerprint density at radius 2 is 2.28 bits per heavy atom. The lowest BCUT2D eigenvalue weighted by molar-refractivity contribution is -0.146. The highest BCUT2D eigenvalue weighted by atomic mass is 16.2. The molecule has 18 heavy (non-hydrogen) atoms. The van der Waals surface area contributed by atoms with Crippen LogP contribution in [-0.2, 0) is 9.59 Å². The molecule has 0 aromatic heterocycles. The standard InChI is InChI=1S/C13H23N3O2/c1-2-10-12(18)15-6-7-16(10)11(17)8-13(9-14)4-3-5-13/h10H,2-9,14H2,1H3,(H,15,18). The Morgan fingerprint density at radius 3 is 2.78 bits per heavy atom. The Morgan fingerprint density at radius 1 is 1.56 bits per heavy atom. The van der Waals surface area contributed by atoms with Crippen molar-refractivity contribution in [3.8, 4) is 0 Å². The van der Waals surface area contributed by atoms with Crippen molar-refractivity contribution in [3.63, 3.8) is 0 Å². The molecule has 1 atom stereocenters. The highest BCUT2D eigenvalue weighted by molar-refractivity contribution is 5.89. The zero-order valence-electron chi connectivity index (χ0n) is 11.1. The van der Waals surface area contributed by atoms with Crippen LogP contribution in [0, 0.1) is 5.41 Å². The molecule has 2 fully saturated rings. The monoisotopic (exact) mass is 253 g/mol. The predicted octanol–water partition coefficient (Wildman–Crippen LogP) is 0.243. The fourth-order valence-corrected chi connectivity index (χ4v) is 2.97. The third-order valence-corrected chi connectivity index (χ3v) is 4.41. The van der Waals surface area contributed by atoms with Gasteiger partial charge < -0.3 is 16.0 Å². The van der Waals surface area contributed by atoms with Crippen LogP contribution in [0.3, 0.4) is 0 Å². The van der Waals surface area contributed by atoms with Crippen LogP contribution < -0.4 is 11.1 Å². The number of hydrogen-bond donors (Lipinski definition) is 2. The van der Waals surface area contributed by atoms with Gasteiger partial charge in [0.15, 0.2) is 0 Å². The highest BCUT2D eigenvalue weighted by Gasteiger charge is 2.40. The second-order valence-electron chi connectivity index (χ2n) is 5.54. The van der Waals surface area contributed by atoms with E-state index in [9.17, 15) is 9.59 Å². The number of carbonyl (C=O) groups excluding carboxylic acids is 2. The van der Waals surface area contributed by atoms with Crippen molar-refractivity contribution in [2.24, 2.45) is 11.1 Å². The summed E-state index contributed by atoms with van der Waals surface area (Å²) in [6, 6.07) is -0.291. The number of nitrogens with two attached hydrogens (primary N) is 1. The van der Waals surface area contributed by atoms with Gasteiger partial charge in [0.05, 0.1) is 0 Å². The SMILES string of the molecule is CCC1C(=O)NCCN1C(=O)CC1(CN)CCC1. The quantitative estimate of drug-likeness (QED) is 0.753. The molecule has 5 heteroatoms. The van der Waals surface area contributed by atoms with Gasteiger partial charge >= 0.3 is 0 Å². The Balaban J connectivity index is 2.00. The third kappa shape index (κ3) is 2.36. The summed E-state index contributed by atoms with van der Waals surface area (Å²) in [5, 5.41) is 2.82. The first kappa shape index (κ1) is 13.3. The average Bonchev–Trinajstić information content (AvgIpc) is 2.33. The molecule has 0 radical (unpaired) electrons. The van der Waals surface area contributed by atoms with Crippen molar-refractivity contribution >= 4 is 11.8 Å². The highest BCUT2D eigenvalue weighted by Crippen LogP contribution is 2.43. The van der Waals surface area contributed by atoms with Crippen molar-refractivity contribution in [2.75, 3.05) is 19.6 Å². The topological polar surface area (TPSA) is 75.4 Å². The molecule has 0 spiro atoms. The summed E-state index contributed by atoms with van der Waals surface area (Å²) in [4.78, 5) is 25.8. The largest absolute Gasteiger partial charge is 0.353 e. The molecule has 1 saturated carbocycles. The molecular weight excluding hydrogens is 230 g/mol. The lowest BCUT2D eigenvalue weighted by atomic mass is 9.66. The van der Waals surface area contributed by atoms with Gasteiger partial charge in [0.2, 0.25) is 11.8 Å². The molecule has 0 aromatic rings. The van der Waals surface area contributed by atoms with Crippen LogP contribution in [-0.4, -0.2) is 42.4 Å². The lowest BCUT2D eigenvalue weighted by Gasteiger charge is -2.43.